The average molecular weight is 208 g/mol. The molecule has 1 saturated heterocycles. The topological polar surface area (TPSA) is 33.6 Å². The molecule has 2 aliphatic heterocycles. The van der Waals surface area contributed by atoms with Crippen LogP contribution < -0.4 is 5.32 Å². The highest BCUT2D eigenvalue weighted by Gasteiger charge is 2.35. The van der Waals surface area contributed by atoms with Gasteiger partial charge in [-0.2, -0.15) is 0 Å². The molecular weight excluding hydrogens is 188 g/mol. The standard InChI is InChI=1S/C12H20N2O/c1-3-9(4-1)11-8-14-12(15-11)10-5-2-6-13-7-10/h9-11,13H,1-8H2. The Kier molecular flexibility index (Phi) is 2.65. The maximum atomic E-state index is 6.01. The Labute approximate surface area is 91.3 Å². The zero-order valence-corrected chi connectivity index (χ0v) is 9.24. The first-order chi connectivity index (χ1) is 7.43. The number of rotatable bonds is 2. The predicted octanol–water partition coefficient (Wildman–Crippen LogP) is 1.58. The van der Waals surface area contributed by atoms with Crippen molar-refractivity contribution in [3.05, 3.63) is 0 Å². The summed E-state index contributed by atoms with van der Waals surface area (Å²) in [5, 5.41) is 3.42. The van der Waals surface area contributed by atoms with E-state index in [0.717, 1.165) is 31.4 Å². The van der Waals surface area contributed by atoms with Crippen molar-refractivity contribution in [1.82, 2.24) is 5.32 Å². The monoisotopic (exact) mass is 208 g/mol. The third-order valence-corrected chi connectivity index (χ3v) is 4.02. The Morgan fingerprint density at radius 3 is 2.80 bits per heavy atom. The van der Waals surface area contributed by atoms with E-state index in [1.165, 1.54) is 32.1 Å². The quantitative estimate of drug-likeness (QED) is 0.747. The molecule has 1 saturated carbocycles. The predicted molar refractivity (Wildman–Crippen MR) is 60.1 cm³/mol. The van der Waals surface area contributed by atoms with Crippen LogP contribution in [0.15, 0.2) is 4.99 Å². The van der Waals surface area contributed by atoms with Gasteiger partial charge in [0.15, 0.2) is 5.90 Å². The smallest absolute Gasteiger partial charge is 0.188 e. The van der Waals surface area contributed by atoms with E-state index in [2.05, 4.69) is 10.3 Å². The highest BCUT2D eigenvalue weighted by molar-refractivity contribution is 5.80. The number of ether oxygens (including phenoxy) is 1. The van der Waals surface area contributed by atoms with E-state index in [1.54, 1.807) is 0 Å². The molecule has 2 heterocycles. The molecule has 1 aliphatic carbocycles. The summed E-state index contributed by atoms with van der Waals surface area (Å²) in [6, 6.07) is 0. The van der Waals surface area contributed by atoms with Gasteiger partial charge in [-0.3, -0.25) is 4.99 Å². The summed E-state index contributed by atoms with van der Waals surface area (Å²) in [5.41, 5.74) is 0. The molecule has 2 atom stereocenters. The van der Waals surface area contributed by atoms with Gasteiger partial charge in [-0.25, -0.2) is 0 Å². The Bertz CT molecular complexity index is 254. The maximum Gasteiger partial charge on any atom is 0.188 e. The second-order valence-electron chi connectivity index (χ2n) is 5.07. The molecule has 0 spiro atoms. The van der Waals surface area contributed by atoms with E-state index in [4.69, 9.17) is 4.74 Å². The average Bonchev–Trinajstić information content (AvgIpc) is 2.66. The Morgan fingerprint density at radius 2 is 2.13 bits per heavy atom. The molecule has 0 aromatic heterocycles. The number of nitrogens with zero attached hydrogens (tertiary/aromatic N) is 1. The number of hydrogen-bond acceptors (Lipinski definition) is 3. The number of piperidine rings is 1. The fourth-order valence-electron chi connectivity index (χ4n) is 2.75. The number of aliphatic imine (C=N–C) groups is 1. The molecule has 3 heteroatoms. The lowest BCUT2D eigenvalue weighted by Crippen LogP contribution is -2.36. The van der Waals surface area contributed by atoms with Gasteiger partial charge in [-0.05, 0) is 38.1 Å². The minimum Gasteiger partial charge on any atom is -0.475 e. The minimum absolute atomic E-state index is 0.427. The van der Waals surface area contributed by atoms with E-state index in [-0.39, 0.29) is 0 Å². The Hall–Kier alpha value is -0.570. The van der Waals surface area contributed by atoms with Gasteiger partial charge in [-0.1, -0.05) is 6.42 Å². The summed E-state index contributed by atoms with van der Waals surface area (Å²) in [5.74, 6) is 2.42. The van der Waals surface area contributed by atoms with E-state index in [9.17, 15) is 0 Å². The van der Waals surface area contributed by atoms with Crippen molar-refractivity contribution in [3.8, 4) is 0 Å². The van der Waals surface area contributed by atoms with Crippen LogP contribution in [-0.4, -0.2) is 31.6 Å². The van der Waals surface area contributed by atoms with Gasteiger partial charge in [0.2, 0.25) is 0 Å². The van der Waals surface area contributed by atoms with Gasteiger partial charge in [-0.15, -0.1) is 0 Å². The van der Waals surface area contributed by atoms with Crippen LogP contribution in [0.3, 0.4) is 0 Å². The van der Waals surface area contributed by atoms with Crippen molar-refractivity contribution in [3.63, 3.8) is 0 Å². The Morgan fingerprint density at radius 1 is 1.20 bits per heavy atom. The summed E-state index contributed by atoms with van der Waals surface area (Å²) in [6.45, 7) is 3.16. The van der Waals surface area contributed by atoms with Crippen molar-refractivity contribution >= 4 is 5.90 Å². The van der Waals surface area contributed by atoms with Crippen LogP contribution in [0.2, 0.25) is 0 Å². The lowest BCUT2D eigenvalue weighted by atomic mass is 9.81. The molecule has 2 fully saturated rings. The van der Waals surface area contributed by atoms with Gasteiger partial charge >= 0.3 is 0 Å². The molecule has 1 N–H and O–H groups in total. The molecule has 15 heavy (non-hydrogen) atoms. The first-order valence-electron chi connectivity index (χ1n) is 6.35. The van der Waals surface area contributed by atoms with Crippen LogP contribution in [0.1, 0.15) is 32.1 Å². The molecular formula is C12H20N2O. The highest BCUT2D eigenvalue weighted by atomic mass is 16.5. The van der Waals surface area contributed by atoms with Gasteiger partial charge < -0.3 is 10.1 Å². The second-order valence-corrected chi connectivity index (χ2v) is 5.07. The SMILES string of the molecule is C1CNCC(C2=NCC(C3CCC3)O2)C1. The zero-order valence-electron chi connectivity index (χ0n) is 9.24. The molecule has 3 aliphatic rings. The van der Waals surface area contributed by atoms with Crippen LogP contribution in [0.4, 0.5) is 0 Å². The molecule has 3 nitrogen and oxygen atoms in total. The van der Waals surface area contributed by atoms with Crippen molar-refractivity contribution < 1.29 is 4.74 Å². The maximum absolute atomic E-state index is 6.01. The van der Waals surface area contributed by atoms with Crippen LogP contribution in [0, 0.1) is 11.8 Å². The van der Waals surface area contributed by atoms with E-state index in [1.807, 2.05) is 0 Å². The van der Waals surface area contributed by atoms with Crippen LogP contribution in [0.5, 0.6) is 0 Å². The minimum atomic E-state index is 0.427. The van der Waals surface area contributed by atoms with Crippen molar-refractivity contribution in [2.45, 2.75) is 38.2 Å². The van der Waals surface area contributed by atoms with Gasteiger partial charge in [0.25, 0.3) is 0 Å². The van der Waals surface area contributed by atoms with Crippen molar-refractivity contribution in [2.24, 2.45) is 16.8 Å². The fraction of sp³-hybridized carbons (Fsp3) is 0.917. The fourth-order valence-corrected chi connectivity index (χ4v) is 2.75. The van der Waals surface area contributed by atoms with Crippen LogP contribution in [0.25, 0.3) is 0 Å². The number of nitrogens with one attached hydrogen (secondary N) is 1. The molecule has 0 aromatic rings. The van der Waals surface area contributed by atoms with Gasteiger partial charge in [0.05, 0.1) is 6.54 Å². The lowest BCUT2D eigenvalue weighted by Gasteiger charge is -2.31. The first-order valence-corrected chi connectivity index (χ1v) is 6.35. The summed E-state index contributed by atoms with van der Waals surface area (Å²) < 4.78 is 6.01. The summed E-state index contributed by atoms with van der Waals surface area (Å²) in [4.78, 5) is 4.60. The Balaban J connectivity index is 1.54. The van der Waals surface area contributed by atoms with E-state index >= 15 is 0 Å². The van der Waals surface area contributed by atoms with Gasteiger partial charge in [0.1, 0.15) is 6.10 Å². The van der Waals surface area contributed by atoms with Gasteiger partial charge in [0, 0.05) is 12.5 Å². The molecule has 0 amide bonds. The summed E-state index contributed by atoms with van der Waals surface area (Å²) in [7, 11) is 0. The normalized spacial score (nSPS) is 36.9. The van der Waals surface area contributed by atoms with Crippen molar-refractivity contribution in [1.29, 1.82) is 0 Å². The molecule has 2 unspecified atom stereocenters. The summed E-state index contributed by atoms with van der Waals surface area (Å²) >= 11 is 0. The first kappa shape index (κ1) is 9.64. The van der Waals surface area contributed by atoms with Crippen molar-refractivity contribution in [2.75, 3.05) is 19.6 Å². The molecule has 0 aromatic carbocycles. The highest BCUT2D eigenvalue weighted by Crippen LogP contribution is 2.34. The molecule has 3 rings (SSSR count). The third-order valence-electron chi connectivity index (χ3n) is 4.02. The third kappa shape index (κ3) is 1.89. The lowest BCUT2D eigenvalue weighted by molar-refractivity contribution is 0.0910. The largest absolute Gasteiger partial charge is 0.475 e. The number of hydrogen-bond donors (Lipinski definition) is 1. The molecule has 84 valence electrons. The zero-order chi connectivity index (χ0) is 10.1. The van der Waals surface area contributed by atoms with E-state index in [0.29, 0.717) is 12.0 Å². The second kappa shape index (κ2) is 4.12. The van der Waals surface area contributed by atoms with Crippen LogP contribution in [-0.2, 0) is 4.74 Å². The molecule has 0 radical (unpaired) electrons. The van der Waals surface area contributed by atoms with E-state index < -0.39 is 0 Å². The van der Waals surface area contributed by atoms with Crippen LogP contribution >= 0.6 is 0 Å². The summed E-state index contributed by atoms with van der Waals surface area (Å²) in [6.07, 6.45) is 7.05. The molecule has 0 bridgehead atoms.